The quantitative estimate of drug-likeness (QED) is 0.676. The Balaban J connectivity index is 2.45. The minimum Gasteiger partial charge on any atom is -0.480 e. The Morgan fingerprint density at radius 3 is 2.73 bits per heavy atom. The van der Waals surface area contributed by atoms with Crippen molar-refractivity contribution in [3.8, 4) is 0 Å². The minimum atomic E-state index is -3.74. The second kappa shape index (κ2) is 4.46. The van der Waals surface area contributed by atoms with Gasteiger partial charge in [-0.25, -0.2) is 13.1 Å². The third kappa shape index (κ3) is 4.15. The average molecular weight is 237 g/mol. The molecule has 1 saturated heterocycles. The highest BCUT2D eigenvalue weighted by Gasteiger charge is 2.31. The summed E-state index contributed by atoms with van der Waals surface area (Å²) in [7, 11) is -3.74. The van der Waals surface area contributed by atoms with Gasteiger partial charge in [0.15, 0.2) is 5.75 Å². The molecular formula is C8H15NO5S. The third-order valence-electron chi connectivity index (χ3n) is 2.28. The summed E-state index contributed by atoms with van der Waals surface area (Å²) < 4.78 is 30.0. The number of aliphatic carboxylic acids is 1. The van der Waals surface area contributed by atoms with Gasteiger partial charge in [-0.1, -0.05) is 0 Å². The van der Waals surface area contributed by atoms with Crippen LogP contribution >= 0.6 is 0 Å². The lowest BCUT2D eigenvalue weighted by Crippen LogP contribution is -2.41. The van der Waals surface area contributed by atoms with Gasteiger partial charge in [0.2, 0.25) is 10.0 Å². The first-order valence-electron chi connectivity index (χ1n) is 4.66. The van der Waals surface area contributed by atoms with E-state index in [-0.39, 0.29) is 6.54 Å². The molecule has 1 rings (SSSR count). The highest BCUT2D eigenvalue weighted by Crippen LogP contribution is 2.23. The lowest BCUT2D eigenvalue weighted by Gasteiger charge is -2.22. The number of ether oxygens (including phenoxy) is 1. The normalized spacial score (nSPS) is 26.7. The van der Waals surface area contributed by atoms with Gasteiger partial charge in [0.25, 0.3) is 0 Å². The van der Waals surface area contributed by atoms with Crippen molar-refractivity contribution in [1.29, 1.82) is 0 Å². The van der Waals surface area contributed by atoms with Crippen LogP contribution in [0.2, 0.25) is 0 Å². The Hall–Kier alpha value is -0.660. The molecule has 1 aliphatic rings. The molecular weight excluding hydrogens is 222 g/mol. The van der Waals surface area contributed by atoms with Crippen LogP contribution in [-0.4, -0.2) is 44.0 Å². The van der Waals surface area contributed by atoms with E-state index in [2.05, 4.69) is 4.72 Å². The van der Waals surface area contributed by atoms with E-state index in [1.54, 1.807) is 0 Å². The highest BCUT2D eigenvalue weighted by molar-refractivity contribution is 7.90. The van der Waals surface area contributed by atoms with Crippen LogP contribution in [0.3, 0.4) is 0 Å². The molecule has 6 nitrogen and oxygen atoms in total. The first-order chi connectivity index (χ1) is 6.83. The zero-order valence-corrected chi connectivity index (χ0v) is 9.34. The fourth-order valence-electron chi connectivity index (χ4n) is 1.45. The predicted molar refractivity (Wildman–Crippen MR) is 53.0 cm³/mol. The molecule has 0 amide bonds. The number of hydrogen-bond acceptors (Lipinski definition) is 4. The molecule has 0 spiro atoms. The van der Waals surface area contributed by atoms with Crippen molar-refractivity contribution in [2.45, 2.75) is 25.4 Å². The molecule has 1 aliphatic heterocycles. The van der Waals surface area contributed by atoms with Crippen LogP contribution < -0.4 is 4.72 Å². The molecule has 0 aromatic carbocycles. The van der Waals surface area contributed by atoms with Gasteiger partial charge < -0.3 is 9.84 Å². The summed E-state index contributed by atoms with van der Waals surface area (Å²) in [5.74, 6) is -2.26. The van der Waals surface area contributed by atoms with Crippen LogP contribution in [0.4, 0.5) is 0 Å². The summed E-state index contributed by atoms with van der Waals surface area (Å²) >= 11 is 0. The van der Waals surface area contributed by atoms with E-state index in [9.17, 15) is 13.2 Å². The number of sulfonamides is 1. The summed E-state index contributed by atoms with van der Waals surface area (Å²) in [6.07, 6.45) is 1.68. The fourth-order valence-corrected chi connectivity index (χ4v) is 2.40. The van der Waals surface area contributed by atoms with Gasteiger partial charge in [0, 0.05) is 13.2 Å². The van der Waals surface area contributed by atoms with Gasteiger partial charge in [-0.05, 0) is 19.8 Å². The molecule has 0 aromatic rings. The van der Waals surface area contributed by atoms with Crippen molar-refractivity contribution in [1.82, 2.24) is 4.72 Å². The van der Waals surface area contributed by atoms with Crippen LogP contribution in [0, 0.1) is 0 Å². The summed E-state index contributed by atoms with van der Waals surface area (Å²) in [4.78, 5) is 10.2. The molecule has 15 heavy (non-hydrogen) atoms. The number of carboxylic acid groups (broad SMARTS) is 1. The zero-order chi connectivity index (χ0) is 11.5. The lowest BCUT2D eigenvalue weighted by atomic mass is 10.0. The minimum absolute atomic E-state index is 0.128. The second-order valence-corrected chi connectivity index (χ2v) is 5.68. The van der Waals surface area contributed by atoms with Crippen molar-refractivity contribution in [2.75, 3.05) is 18.9 Å². The van der Waals surface area contributed by atoms with Crippen LogP contribution in [0.25, 0.3) is 0 Å². The summed E-state index contributed by atoms with van der Waals surface area (Å²) in [5, 5.41) is 8.35. The Morgan fingerprint density at radius 1 is 1.60 bits per heavy atom. The monoisotopic (exact) mass is 237 g/mol. The van der Waals surface area contributed by atoms with E-state index < -0.39 is 27.3 Å². The number of hydrogen-bond donors (Lipinski definition) is 2. The molecule has 1 heterocycles. The van der Waals surface area contributed by atoms with Gasteiger partial charge in [0.1, 0.15) is 0 Å². The largest absolute Gasteiger partial charge is 0.480 e. The third-order valence-corrected chi connectivity index (χ3v) is 3.49. The van der Waals surface area contributed by atoms with Crippen LogP contribution in [0.5, 0.6) is 0 Å². The average Bonchev–Trinajstić information content (AvgIpc) is 2.48. The molecule has 2 N–H and O–H groups in total. The Bertz CT molecular complexity index is 331. The van der Waals surface area contributed by atoms with E-state index in [4.69, 9.17) is 9.84 Å². The molecule has 0 bridgehead atoms. The molecule has 0 aliphatic carbocycles. The lowest BCUT2D eigenvalue weighted by molar-refractivity contribution is -0.134. The number of nitrogens with one attached hydrogen (secondary N) is 1. The second-order valence-electron chi connectivity index (χ2n) is 3.88. The summed E-state index contributed by atoms with van der Waals surface area (Å²) in [5.41, 5.74) is -0.494. The van der Waals surface area contributed by atoms with Crippen molar-refractivity contribution >= 4 is 16.0 Å². The summed E-state index contributed by atoms with van der Waals surface area (Å²) in [6, 6.07) is 0. The fraction of sp³-hybridized carbons (Fsp3) is 0.875. The van der Waals surface area contributed by atoms with E-state index in [1.165, 1.54) is 0 Å². The van der Waals surface area contributed by atoms with E-state index in [1.807, 2.05) is 6.92 Å². The number of carboxylic acids is 1. The first-order valence-corrected chi connectivity index (χ1v) is 6.31. The maximum absolute atomic E-state index is 11.2. The van der Waals surface area contributed by atoms with Crippen LogP contribution in [0.1, 0.15) is 19.8 Å². The Labute approximate surface area is 88.7 Å². The molecule has 0 aromatic heterocycles. The van der Waals surface area contributed by atoms with Crippen molar-refractivity contribution < 1.29 is 23.1 Å². The number of carbonyl (C=O) groups is 1. The van der Waals surface area contributed by atoms with E-state index in [0.717, 1.165) is 12.8 Å². The van der Waals surface area contributed by atoms with Crippen molar-refractivity contribution in [3.63, 3.8) is 0 Å². The topological polar surface area (TPSA) is 92.7 Å². The van der Waals surface area contributed by atoms with Gasteiger partial charge in [-0.15, -0.1) is 0 Å². The van der Waals surface area contributed by atoms with E-state index >= 15 is 0 Å². The molecule has 0 radical (unpaired) electrons. The van der Waals surface area contributed by atoms with Crippen molar-refractivity contribution in [3.05, 3.63) is 0 Å². The van der Waals surface area contributed by atoms with Gasteiger partial charge in [0.05, 0.1) is 5.60 Å². The summed E-state index contributed by atoms with van der Waals surface area (Å²) in [6.45, 7) is 2.56. The van der Waals surface area contributed by atoms with Crippen LogP contribution in [0.15, 0.2) is 0 Å². The Kier molecular flexibility index (Phi) is 3.69. The molecule has 1 unspecified atom stereocenters. The van der Waals surface area contributed by atoms with E-state index in [0.29, 0.717) is 6.61 Å². The van der Waals surface area contributed by atoms with Gasteiger partial charge in [-0.2, -0.15) is 0 Å². The maximum Gasteiger partial charge on any atom is 0.320 e. The first kappa shape index (κ1) is 12.4. The smallest absolute Gasteiger partial charge is 0.320 e. The maximum atomic E-state index is 11.2. The molecule has 1 atom stereocenters. The number of rotatable bonds is 5. The Morgan fingerprint density at radius 2 is 2.27 bits per heavy atom. The molecule has 7 heteroatoms. The van der Waals surface area contributed by atoms with Gasteiger partial charge >= 0.3 is 5.97 Å². The standard InChI is InChI=1S/C8H15NO5S/c1-8(3-2-4-14-8)6-9-15(12,13)5-7(10)11/h9H,2-6H2,1H3,(H,10,11). The SMILES string of the molecule is CC1(CNS(=O)(=O)CC(=O)O)CCCO1. The van der Waals surface area contributed by atoms with Gasteiger partial charge in [-0.3, -0.25) is 4.79 Å². The zero-order valence-electron chi connectivity index (χ0n) is 8.52. The molecule has 1 fully saturated rings. The molecule has 88 valence electrons. The highest BCUT2D eigenvalue weighted by atomic mass is 32.2. The van der Waals surface area contributed by atoms with Crippen LogP contribution in [-0.2, 0) is 19.6 Å². The molecule has 0 saturated carbocycles. The van der Waals surface area contributed by atoms with Crippen molar-refractivity contribution in [2.24, 2.45) is 0 Å². The predicted octanol–water partition coefficient (Wildman–Crippen LogP) is -0.440.